The molecule has 0 saturated carbocycles. The Morgan fingerprint density at radius 2 is 0.712 bits per heavy atom. The van der Waals surface area contributed by atoms with Gasteiger partial charge in [0.25, 0.3) is 0 Å². The summed E-state index contributed by atoms with van der Waals surface area (Å²) in [5.74, 6) is -0.0796. The van der Waals surface area contributed by atoms with E-state index >= 15 is 0 Å². The van der Waals surface area contributed by atoms with Crippen LogP contribution in [0, 0.1) is 0 Å². The van der Waals surface area contributed by atoms with E-state index in [1.54, 1.807) is 0 Å². The molecule has 0 aromatic heterocycles. The van der Waals surface area contributed by atoms with Gasteiger partial charge in [0.2, 0.25) is 0 Å². The molecule has 0 aromatic rings. The van der Waals surface area contributed by atoms with Crippen LogP contribution in [0.3, 0.4) is 0 Å². The van der Waals surface area contributed by atoms with Gasteiger partial charge in [0.1, 0.15) is 12.7 Å². The van der Waals surface area contributed by atoms with Gasteiger partial charge in [-0.1, -0.05) is 231 Å². The highest BCUT2D eigenvalue weighted by Gasteiger charge is 2.13. The molecule has 348 valence electrons. The van der Waals surface area contributed by atoms with Gasteiger partial charge < -0.3 is 14.2 Å². The lowest BCUT2D eigenvalue weighted by Gasteiger charge is -2.18. The van der Waals surface area contributed by atoms with Gasteiger partial charge in [-0.25, -0.2) is 0 Å². The summed E-state index contributed by atoms with van der Waals surface area (Å²) in [5.41, 5.74) is 0. The Bertz CT molecular complexity index is 878. The lowest BCUT2D eigenvalue weighted by molar-refractivity contribution is -0.150. The van der Waals surface area contributed by atoms with Gasteiger partial charge in [0.15, 0.2) is 0 Å². The minimum atomic E-state index is -0.168. The zero-order valence-corrected chi connectivity index (χ0v) is 40.3. The van der Waals surface area contributed by atoms with Crippen molar-refractivity contribution >= 4 is 5.97 Å². The highest BCUT2D eigenvalue weighted by Crippen LogP contribution is 2.15. The first-order valence-electron chi connectivity index (χ1n) is 26.5. The summed E-state index contributed by atoms with van der Waals surface area (Å²) in [7, 11) is 0. The predicted octanol–water partition coefficient (Wildman–Crippen LogP) is 18.3. The van der Waals surface area contributed by atoms with Crippen LogP contribution in [0.15, 0.2) is 36.5 Å². The number of rotatable bonds is 50. The number of carbonyl (C=O) groups excluding carboxylic acids is 1. The number of hydrogen-bond donors (Lipinski definition) is 0. The van der Waals surface area contributed by atoms with Crippen molar-refractivity contribution in [1.29, 1.82) is 0 Å². The Labute approximate surface area is 370 Å². The van der Waals surface area contributed by atoms with Gasteiger partial charge in [0.05, 0.1) is 6.61 Å². The quantitative estimate of drug-likeness (QED) is 0.0348. The fourth-order valence-electron chi connectivity index (χ4n) is 7.70. The standard InChI is InChI=1S/C55H104O4/c1-4-7-10-13-16-19-22-25-27-29-32-35-38-41-44-47-50-57-52-54(53-59-55(56)49-46-43-40-37-34-31-24-21-18-15-12-9-6-3)58-51-48-45-42-39-36-33-30-28-26-23-20-17-14-11-8-5-2/h16,19,25-28,54H,4-15,17-18,20-24,29-53H2,1-3H3. The zero-order valence-electron chi connectivity index (χ0n) is 40.3. The molecule has 59 heavy (non-hydrogen) atoms. The second-order valence-electron chi connectivity index (χ2n) is 17.8. The second kappa shape index (κ2) is 52.7. The van der Waals surface area contributed by atoms with E-state index in [1.807, 2.05) is 0 Å². The van der Waals surface area contributed by atoms with Gasteiger partial charge in [-0.05, 0) is 77.0 Å². The Morgan fingerprint density at radius 1 is 0.373 bits per heavy atom. The lowest BCUT2D eigenvalue weighted by atomic mass is 10.0. The van der Waals surface area contributed by atoms with Crippen molar-refractivity contribution in [3.63, 3.8) is 0 Å². The molecule has 0 saturated heterocycles. The van der Waals surface area contributed by atoms with Crippen LogP contribution in [-0.2, 0) is 19.0 Å². The maximum Gasteiger partial charge on any atom is 0.305 e. The molecule has 0 aliphatic rings. The van der Waals surface area contributed by atoms with E-state index in [0.29, 0.717) is 19.6 Å². The van der Waals surface area contributed by atoms with Crippen LogP contribution >= 0.6 is 0 Å². The van der Waals surface area contributed by atoms with Gasteiger partial charge in [-0.3, -0.25) is 4.79 Å². The molecule has 0 aromatic carbocycles. The van der Waals surface area contributed by atoms with Crippen LogP contribution in [0.4, 0.5) is 0 Å². The number of hydrogen-bond acceptors (Lipinski definition) is 4. The molecule has 0 bridgehead atoms. The van der Waals surface area contributed by atoms with E-state index in [0.717, 1.165) is 45.3 Å². The summed E-state index contributed by atoms with van der Waals surface area (Å²) in [6.45, 7) is 9.14. The van der Waals surface area contributed by atoms with Crippen molar-refractivity contribution in [3.8, 4) is 0 Å². The number of unbranched alkanes of at least 4 members (excludes halogenated alkanes) is 33. The summed E-state index contributed by atoms with van der Waals surface area (Å²) >= 11 is 0. The van der Waals surface area contributed by atoms with Crippen molar-refractivity contribution in [2.75, 3.05) is 26.4 Å². The van der Waals surface area contributed by atoms with Crippen LogP contribution in [0.1, 0.15) is 278 Å². The third-order valence-corrected chi connectivity index (χ3v) is 11.7. The molecular formula is C55H104O4. The molecule has 0 aliphatic carbocycles. The van der Waals surface area contributed by atoms with E-state index in [9.17, 15) is 4.79 Å². The molecule has 0 fully saturated rings. The van der Waals surface area contributed by atoms with Gasteiger partial charge in [0, 0.05) is 19.6 Å². The Balaban J connectivity index is 4.15. The molecule has 0 N–H and O–H groups in total. The molecule has 0 heterocycles. The molecule has 0 aliphatic heterocycles. The Kier molecular flexibility index (Phi) is 51.5. The van der Waals surface area contributed by atoms with E-state index in [4.69, 9.17) is 14.2 Å². The maximum absolute atomic E-state index is 12.6. The van der Waals surface area contributed by atoms with Crippen molar-refractivity contribution < 1.29 is 19.0 Å². The monoisotopic (exact) mass is 829 g/mol. The fraction of sp³-hybridized carbons (Fsp3) is 0.873. The minimum Gasteiger partial charge on any atom is -0.463 e. The number of esters is 1. The van der Waals surface area contributed by atoms with Crippen molar-refractivity contribution in [2.24, 2.45) is 0 Å². The normalized spacial score (nSPS) is 12.5. The van der Waals surface area contributed by atoms with Gasteiger partial charge >= 0.3 is 5.97 Å². The summed E-state index contributed by atoms with van der Waals surface area (Å²) < 4.78 is 18.0. The van der Waals surface area contributed by atoms with Crippen LogP contribution < -0.4 is 0 Å². The minimum absolute atomic E-state index is 0.0796. The van der Waals surface area contributed by atoms with Crippen molar-refractivity contribution in [2.45, 2.75) is 284 Å². The van der Waals surface area contributed by atoms with Crippen LogP contribution in [0.25, 0.3) is 0 Å². The van der Waals surface area contributed by atoms with E-state index in [2.05, 4.69) is 57.2 Å². The van der Waals surface area contributed by atoms with E-state index in [1.165, 1.54) is 218 Å². The SMILES string of the molecule is CCCCCC=CCC=CCCCCCCCCOCC(COC(=O)CCCCCCCCCCCCCCC)OCCCCCCCCC=CCCCCCCCC. The smallest absolute Gasteiger partial charge is 0.305 e. The molecule has 0 radical (unpaired) electrons. The van der Waals surface area contributed by atoms with Gasteiger partial charge in [-0.2, -0.15) is 0 Å². The highest BCUT2D eigenvalue weighted by atomic mass is 16.6. The van der Waals surface area contributed by atoms with E-state index in [-0.39, 0.29) is 12.1 Å². The maximum atomic E-state index is 12.6. The van der Waals surface area contributed by atoms with Crippen molar-refractivity contribution in [1.82, 2.24) is 0 Å². The third kappa shape index (κ3) is 50.9. The summed E-state index contributed by atoms with van der Waals surface area (Å²) in [6.07, 6.45) is 64.8. The zero-order chi connectivity index (χ0) is 42.6. The summed E-state index contributed by atoms with van der Waals surface area (Å²) in [6, 6.07) is 0. The molecular weight excluding hydrogens is 725 g/mol. The van der Waals surface area contributed by atoms with Crippen molar-refractivity contribution in [3.05, 3.63) is 36.5 Å². The van der Waals surface area contributed by atoms with E-state index < -0.39 is 0 Å². The molecule has 4 nitrogen and oxygen atoms in total. The average molecular weight is 829 g/mol. The largest absolute Gasteiger partial charge is 0.463 e. The second-order valence-corrected chi connectivity index (χ2v) is 17.8. The average Bonchev–Trinajstić information content (AvgIpc) is 3.24. The number of ether oxygens (including phenoxy) is 3. The Hall–Kier alpha value is -1.39. The van der Waals surface area contributed by atoms with Crippen LogP contribution in [-0.4, -0.2) is 38.5 Å². The lowest BCUT2D eigenvalue weighted by Crippen LogP contribution is -2.28. The van der Waals surface area contributed by atoms with Crippen LogP contribution in [0.2, 0.25) is 0 Å². The summed E-state index contributed by atoms with van der Waals surface area (Å²) in [4.78, 5) is 12.6. The molecule has 0 spiro atoms. The van der Waals surface area contributed by atoms with Crippen LogP contribution in [0.5, 0.6) is 0 Å². The molecule has 0 amide bonds. The summed E-state index contributed by atoms with van der Waals surface area (Å²) in [5, 5.41) is 0. The highest BCUT2D eigenvalue weighted by molar-refractivity contribution is 5.69. The predicted molar refractivity (Wildman–Crippen MR) is 261 cm³/mol. The van der Waals surface area contributed by atoms with Gasteiger partial charge in [-0.15, -0.1) is 0 Å². The first kappa shape index (κ1) is 57.6. The molecule has 1 unspecified atom stereocenters. The third-order valence-electron chi connectivity index (χ3n) is 11.7. The molecule has 1 atom stereocenters. The first-order valence-corrected chi connectivity index (χ1v) is 26.5. The topological polar surface area (TPSA) is 44.8 Å². The fourth-order valence-corrected chi connectivity index (χ4v) is 7.70. The molecule has 0 rings (SSSR count). The number of allylic oxidation sites excluding steroid dienone is 6. The first-order chi connectivity index (χ1) is 29.2. The Morgan fingerprint density at radius 3 is 1.17 bits per heavy atom. The molecule has 4 heteroatoms. The number of carbonyl (C=O) groups is 1.